The molecular formula is C49H38IrN6O-5. The van der Waals surface area contributed by atoms with Crippen molar-refractivity contribution < 1.29 is 24.9 Å². The summed E-state index contributed by atoms with van der Waals surface area (Å²) in [7, 11) is 0. The topological polar surface area (TPSA) is 93.6 Å². The van der Waals surface area contributed by atoms with Gasteiger partial charge in [-0.25, -0.2) is 0 Å². The first-order chi connectivity index (χ1) is 27.7. The average molecular weight is 919 g/mol. The van der Waals surface area contributed by atoms with Gasteiger partial charge in [-0.2, -0.15) is 0 Å². The first-order valence-electron chi connectivity index (χ1n) is 18.4. The summed E-state index contributed by atoms with van der Waals surface area (Å²) >= 11 is 0. The SMILES string of the molecule is O=C(CCc1ccncc1)NCc1ccc(-c2ccccn2)nc1.[Ir-3].[c-]1ccccc1-c1ccc2ccccc2n1.[c-]1ccccc1-c1ccc2ccccc2n1. The number of pyridine rings is 5. The molecule has 0 aliphatic rings. The van der Waals surface area contributed by atoms with Crippen LogP contribution in [0.5, 0.6) is 0 Å². The second-order valence-electron chi connectivity index (χ2n) is 12.7. The van der Waals surface area contributed by atoms with Crippen molar-refractivity contribution in [2.45, 2.75) is 19.4 Å². The maximum Gasteiger partial charge on any atom is 0.220 e. The number of carbonyl (C=O) groups excluding carboxylic acids is 1. The molecule has 0 atom stereocenters. The van der Waals surface area contributed by atoms with Crippen molar-refractivity contribution >= 4 is 27.7 Å². The van der Waals surface area contributed by atoms with E-state index in [1.54, 1.807) is 24.8 Å². The molecule has 0 fully saturated rings. The third-order valence-electron chi connectivity index (χ3n) is 8.80. The van der Waals surface area contributed by atoms with E-state index in [0.29, 0.717) is 19.4 Å². The fourth-order valence-electron chi connectivity index (χ4n) is 5.83. The summed E-state index contributed by atoms with van der Waals surface area (Å²) in [5.41, 5.74) is 9.80. The predicted molar refractivity (Wildman–Crippen MR) is 224 cm³/mol. The van der Waals surface area contributed by atoms with E-state index in [4.69, 9.17) is 0 Å². The van der Waals surface area contributed by atoms with E-state index in [-0.39, 0.29) is 26.0 Å². The molecular weight excluding hydrogens is 881 g/mol. The van der Waals surface area contributed by atoms with E-state index in [1.807, 2.05) is 140 Å². The summed E-state index contributed by atoms with van der Waals surface area (Å²) in [5.74, 6) is 0.0283. The zero-order chi connectivity index (χ0) is 38.2. The normalized spacial score (nSPS) is 10.2. The molecule has 9 rings (SSSR count). The fourth-order valence-corrected chi connectivity index (χ4v) is 5.83. The number of fused-ring (bicyclic) bond motifs is 2. The van der Waals surface area contributed by atoms with Crippen molar-refractivity contribution in [3.05, 3.63) is 212 Å². The molecule has 0 aliphatic heterocycles. The molecule has 9 aromatic rings. The van der Waals surface area contributed by atoms with Crippen LogP contribution in [0, 0.1) is 12.1 Å². The standard InChI is InChI=1S/C19H18N4O.2C15H10N.Ir/c24-19(7-5-15-8-11-20-12-9-15)23-14-16-4-6-18(22-13-16)17-3-1-2-10-21-17;2*1-2-6-12(7-3-1)15-11-10-13-8-4-5-9-14(13)16-15;/h1-4,6,8-13H,5,7,14H2,(H,23,24);2*1-6,8-11H;/q;2*-1;-3. The van der Waals surface area contributed by atoms with Crippen LogP contribution in [-0.2, 0) is 37.9 Å². The van der Waals surface area contributed by atoms with Crippen LogP contribution in [0.15, 0.2) is 189 Å². The van der Waals surface area contributed by atoms with Gasteiger partial charge in [0.15, 0.2) is 0 Å². The number of aryl methyl sites for hydroxylation is 1. The third-order valence-corrected chi connectivity index (χ3v) is 8.80. The number of para-hydroxylation sites is 2. The van der Waals surface area contributed by atoms with Gasteiger partial charge in [0.2, 0.25) is 5.91 Å². The molecule has 0 spiro atoms. The van der Waals surface area contributed by atoms with E-state index in [0.717, 1.165) is 56.1 Å². The van der Waals surface area contributed by atoms with Crippen LogP contribution in [-0.4, -0.2) is 30.8 Å². The molecule has 0 radical (unpaired) electrons. The molecule has 5 heterocycles. The Balaban J connectivity index is 0.000000148. The van der Waals surface area contributed by atoms with E-state index >= 15 is 0 Å². The van der Waals surface area contributed by atoms with Crippen LogP contribution in [0.4, 0.5) is 0 Å². The number of amides is 1. The number of nitrogens with zero attached hydrogens (tertiary/aromatic N) is 5. The Morgan fingerprint density at radius 2 is 1.07 bits per heavy atom. The summed E-state index contributed by atoms with van der Waals surface area (Å²) in [4.78, 5) is 33.8. The van der Waals surface area contributed by atoms with Crippen LogP contribution in [0.3, 0.4) is 0 Å². The molecule has 0 aliphatic carbocycles. The second kappa shape index (κ2) is 20.8. The molecule has 0 bridgehead atoms. The van der Waals surface area contributed by atoms with E-state index in [9.17, 15) is 4.79 Å². The average Bonchev–Trinajstić information content (AvgIpc) is 3.29. The van der Waals surface area contributed by atoms with Crippen molar-refractivity contribution in [1.82, 2.24) is 30.2 Å². The number of aromatic nitrogens is 5. The van der Waals surface area contributed by atoms with Crippen LogP contribution >= 0.6 is 0 Å². The van der Waals surface area contributed by atoms with Gasteiger partial charge in [-0.3, -0.25) is 29.7 Å². The Morgan fingerprint density at radius 1 is 0.509 bits per heavy atom. The van der Waals surface area contributed by atoms with Crippen LogP contribution in [0.25, 0.3) is 55.7 Å². The predicted octanol–water partition coefficient (Wildman–Crippen LogP) is 10.2. The first kappa shape index (κ1) is 39.9. The molecule has 284 valence electrons. The van der Waals surface area contributed by atoms with Gasteiger partial charge in [0, 0.05) is 37.8 Å². The molecule has 8 heteroatoms. The van der Waals surface area contributed by atoms with Crippen molar-refractivity contribution in [2.24, 2.45) is 0 Å². The van der Waals surface area contributed by atoms with Gasteiger partial charge in [0.05, 0.1) is 22.4 Å². The minimum atomic E-state index is 0. The van der Waals surface area contributed by atoms with E-state index in [2.05, 4.69) is 66.6 Å². The summed E-state index contributed by atoms with van der Waals surface area (Å²) in [6, 6.07) is 60.2. The number of hydrogen-bond acceptors (Lipinski definition) is 6. The molecule has 0 unspecified atom stereocenters. The monoisotopic (exact) mass is 919 g/mol. The van der Waals surface area contributed by atoms with E-state index < -0.39 is 0 Å². The number of rotatable bonds is 8. The van der Waals surface area contributed by atoms with Gasteiger partial charge < -0.3 is 25.4 Å². The van der Waals surface area contributed by atoms with Crippen LogP contribution in [0.1, 0.15) is 17.5 Å². The van der Waals surface area contributed by atoms with Gasteiger partial charge in [-0.15, -0.1) is 71.8 Å². The van der Waals surface area contributed by atoms with Crippen molar-refractivity contribution in [3.63, 3.8) is 0 Å². The minimum Gasteiger partial charge on any atom is -3.00 e. The van der Waals surface area contributed by atoms with Crippen molar-refractivity contribution in [1.29, 1.82) is 0 Å². The summed E-state index contributed by atoms with van der Waals surface area (Å²) < 4.78 is 0. The zero-order valence-corrected chi connectivity index (χ0v) is 33.4. The Hall–Kier alpha value is -6.73. The maximum absolute atomic E-state index is 11.9. The van der Waals surface area contributed by atoms with Gasteiger partial charge in [0.25, 0.3) is 0 Å². The van der Waals surface area contributed by atoms with Crippen LogP contribution < -0.4 is 5.32 Å². The molecule has 0 saturated carbocycles. The second-order valence-corrected chi connectivity index (χ2v) is 12.7. The molecule has 7 nitrogen and oxygen atoms in total. The molecule has 0 saturated heterocycles. The van der Waals surface area contributed by atoms with E-state index in [1.165, 1.54) is 10.8 Å². The molecule has 1 amide bonds. The van der Waals surface area contributed by atoms with Crippen molar-refractivity contribution in [2.75, 3.05) is 0 Å². The first-order valence-corrected chi connectivity index (χ1v) is 18.4. The Labute approximate surface area is 346 Å². The number of benzene rings is 4. The zero-order valence-electron chi connectivity index (χ0n) is 31.0. The fraction of sp³-hybridized carbons (Fsp3) is 0.0612. The Bertz CT molecular complexity index is 2480. The van der Waals surface area contributed by atoms with Gasteiger partial charge in [-0.1, -0.05) is 72.8 Å². The maximum atomic E-state index is 11.9. The third kappa shape index (κ3) is 11.6. The van der Waals surface area contributed by atoms with Gasteiger partial charge in [-0.05, 0) is 82.2 Å². The summed E-state index contributed by atoms with van der Waals surface area (Å²) in [6.07, 6.45) is 8.17. The van der Waals surface area contributed by atoms with Crippen LogP contribution in [0.2, 0.25) is 0 Å². The van der Waals surface area contributed by atoms with Crippen molar-refractivity contribution in [3.8, 4) is 33.9 Å². The Morgan fingerprint density at radius 3 is 1.61 bits per heavy atom. The molecule has 1 N–H and O–H groups in total. The van der Waals surface area contributed by atoms with Gasteiger partial charge >= 0.3 is 0 Å². The number of hydrogen-bond donors (Lipinski definition) is 1. The minimum absolute atomic E-state index is 0. The summed E-state index contributed by atoms with van der Waals surface area (Å²) in [6.45, 7) is 0.477. The largest absolute Gasteiger partial charge is 3.00 e. The van der Waals surface area contributed by atoms with Gasteiger partial charge in [0.1, 0.15) is 0 Å². The Kier molecular flexibility index (Phi) is 14.6. The molecule has 4 aromatic carbocycles. The molecule has 57 heavy (non-hydrogen) atoms. The quantitative estimate of drug-likeness (QED) is 0.153. The molecule has 5 aromatic heterocycles. The smallest absolute Gasteiger partial charge is 0.220 e. The number of carbonyl (C=O) groups is 1. The number of nitrogens with one attached hydrogen (secondary N) is 1. The summed E-state index contributed by atoms with van der Waals surface area (Å²) in [5, 5.41) is 5.26.